The predicted molar refractivity (Wildman–Crippen MR) is 107 cm³/mol. The molecule has 27 heavy (non-hydrogen) atoms. The highest BCUT2D eigenvalue weighted by Crippen LogP contribution is 2.30. The zero-order valence-electron chi connectivity index (χ0n) is 15.3. The molecule has 140 valence electrons. The van der Waals surface area contributed by atoms with Crippen molar-refractivity contribution < 1.29 is 13.9 Å². The van der Waals surface area contributed by atoms with E-state index in [9.17, 15) is 4.39 Å². The molecule has 3 rings (SSSR count). The molecule has 3 nitrogen and oxygen atoms in total. The van der Waals surface area contributed by atoms with Gasteiger partial charge < -0.3 is 14.8 Å². The fourth-order valence-corrected chi connectivity index (χ4v) is 2.88. The molecule has 3 aromatic carbocycles. The molecule has 0 amide bonds. The van der Waals surface area contributed by atoms with E-state index < -0.39 is 0 Å². The van der Waals surface area contributed by atoms with Crippen LogP contribution in [0.1, 0.15) is 16.7 Å². The summed E-state index contributed by atoms with van der Waals surface area (Å²) in [6.07, 6.45) is 0. The Labute approximate surface area is 163 Å². The molecule has 0 aliphatic heterocycles. The molecule has 0 atom stereocenters. The van der Waals surface area contributed by atoms with Gasteiger partial charge in [0.1, 0.15) is 12.4 Å². The van der Waals surface area contributed by atoms with Crippen LogP contribution in [0, 0.1) is 12.7 Å². The molecule has 0 saturated carbocycles. The molecule has 0 aliphatic rings. The number of hydrogen-bond acceptors (Lipinski definition) is 3. The van der Waals surface area contributed by atoms with Crippen molar-refractivity contribution in [2.45, 2.75) is 20.1 Å². The van der Waals surface area contributed by atoms with Crippen LogP contribution in [0.3, 0.4) is 0 Å². The van der Waals surface area contributed by atoms with Crippen LogP contribution >= 0.6 is 11.6 Å². The smallest absolute Gasteiger partial charge is 0.161 e. The molecule has 0 unspecified atom stereocenters. The number of anilines is 1. The zero-order valence-corrected chi connectivity index (χ0v) is 16.0. The lowest BCUT2D eigenvalue weighted by atomic mass is 10.1. The Kier molecular flexibility index (Phi) is 6.20. The Bertz CT molecular complexity index is 930. The normalized spacial score (nSPS) is 10.5. The third-order valence-corrected chi connectivity index (χ3v) is 4.73. The van der Waals surface area contributed by atoms with E-state index in [1.165, 1.54) is 6.07 Å². The molecule has 0 heterocycles. The standard InChI is InChI=1S/C22H21ClFNO2/c1-15-18(23)7-5-9-20(15)25-13-16-10-11-21(22(12-16)26-2)27-14-17-6-3-4-8-19(17)24/h3-12,25H,13-14H2,1-2H3. The van der Waals surface area contributed by atoms with Crippen LogP contribution in [0.25, 0.3) is 0 Å². The fraction of sp³-hybridized carbons (Fsp3) is 0.182. The first-order valence-corrected chi connectivity index (χ1v) is 8.98. The van der Waals surface area contributed by atoms with Crippen LogP contribution in [0.4, 0.5) is 10.1 Å². The van der Waals surface area contributed by atoms with Crippen LogP contribution in [0.15, 0.2) is 60.7 Å². The van der Waals surface area contributed by atoms with Crippen LogP contribution in [0.2, 0.25) is 5.02 Å². The number of ether oxygens (including phenoxy) is 2. The minimum absolute atomic E-state index is 0.141. The summed E-state index contributed by atoms with van der Waals surface area (Å²) in [4.78, 5) is 0. The summed E-state index contributed by atoms with van der Waals surface area (Å²) < 4.78 is 24.9. The van der Waals surface area contributed by atoms with Gasteiger partial charge in [-0.15, -0.1) is 0 Å². The van der Waals surface area contributed by atoms with E-state index in [-0.39, 0.29) is 12.4 Å². The van der Waals surface area contributed by atoms with Crippen molar-refractivity contribution >= 4 is 17.3 Å². The number of hydrogen-bond donors (Lipinski definition) is 1. The van der Waals surface area contributed by atoms with Gasteiger partial charge in [0.15, 0.2) is 11.5 Å². The molecule has 0 fully saturated rings. The number of benzene rings is 3. The van der Waals surface area contributed by atoms with Gasteiger partial charge in [0.2, 0.25) is 0 Å². The van der Waals surface area contributed by atoms with Gasteiger partial charge in [0.05, 0.1) is 7.11 Å². The van der Waals surface area contributed by atoms with Gasteiger partial charge in [-0.3, -0.25) is 0 Å². The summed E-state index contributed by atoms with van der Waals surface area (Å²) in [6, 6.07) is 18.0. The Balaban J connectivity index is 1.68. The molecule has 0 aliphatic carbocycles. The highest BCUT2D eigenvalue weighted by atomic mass is 35.5. The molecular formula is C22H21ClFNO2. The summed E-state index contributed by atoms with van der Waals surface area (Å²) in [5, 5.41) is 4.11. The topological polar surface area (TPSA) is 30.5 Å². The molecule has 0 aromatic heterocycles. The number of methoxy groups -OCH3 is 1. The maximum absolute atomic E-state index is 13.7. The first kappa shape index (κ1) is 19.1. The average molecular weight is 386 g/mol. The Hall–Kier alpha value is -2.72. The minimum Gasteiger partial charge on any atom is -0.493 e. The Morgan fingerprint density at radius 1 is 1.00 bits per heavy atom. The summed E-state index contributed by atoms with van der Waals surface area (Å²) in [6.45, 7) is 2.73. The van der Waals surface area contributed by atoms with Gasteiger partial charge in [0.25, 0.3) is 0 Å². The molecule has 0 saturated heterocycles. The monoisotopic (exact) mass is 385 g/mol. The molecule has 1 N–H and O–H groups in total. The fourth-order valence-electron chi connectivity index (χ4n) is 2.71. The third-order valence-electron chi connectivity index (χ3n) is 4.32. The van der Waals surface area contributed by atoms with E-state index in [1.807, 2.05) is 43.3 Å². The first-order valence-electron chi connectivity index (χ1n) is 8.60. The van der Waals surface area contributed by atoms with Gasteiger partial charge in [0, 0.05) is 22.8 Å². The van der Waals surface area contributed by atoms with Crippen LogP contribution < -0.4 is 14.8 Å². The number of halogens is 2. The van der Waals surface area contributed by atoms with Gasteiger partial charge in [-0.1, -0.05) is 41.9 Å². The molecule has 0 radical (unpaired) electrons. The van der Waals surface area contributed by atoms with Gasteiger partial charge in [-0.05, 0) is 48.4 Å². The van der Waals surface area contributed by atoms with E-state index in [1.54, 1.807) is 25.3 Å². The molecule has 0 bridgehead atoms. The Morgan fingerprint density at radius 3 is 2.59 bits per heavy atom. The van der Waals surface area contributed by atoms with Crippen molar-refractivity contribution in [3.63, 3.8) is 0 Å². The van der Waals surface area contributed by atoms with Gasteiger partial charge in [-0.25, -0.2) is 4.39 Å². The summed E-state index contributed by atoms with van der Waals surface area (Å²) >= 11 is 6.16. The lowest BCUT2D eigenvalue weighted by Crippen LogP contribution is -2.03. The van der Waals surface area contributed by atoms with E-state index in [2.05, 4.69) is 5.32 Å². The third kappa shape index (κ3) is 4.72. The highest BCUT2D eigenvalue weighted by molar-refractivity contribution is 6.31. The van der Waals surface area contributed by atoms with Crippen LogP contribution in [0.5, 0.6) is 11.5 Å². The van der Waals surface area contributed by atoms with Crippen molar-refractivity contribution in [2.75, 3.05) is 12.4 Å². The van der Waals surface area contributed by atoms with E-state index in [4.69, 9.17) is 21.1 Å². The van der Waals surface area contributed by atoms with Crippen LogP contribution in [-0.4, -0.2) is 7.11 Å². The largest absolute Gasteiger partial charge is 0.493 e. The lowest BCUT2D eigenvalue weighted by molar-refractivity contribution is 0.279. The van der Waals surface area contributed by atoms with E-state index in [0.29, 0.717) is 23.6 Å². The van der Waals surface area contributed by atoms with Crippen molar-refractivity contribution in [2.24, 2.45) is 0 Å². The van der Waals surface area contributed by atoms with E-state index >= 15 is 0 Å². The predicted octanol–water partition coefficient (Wildman–Crippen LogP) is 5.99. The summed E-state index contributed by atoms with van der Waals surface area (Å²) in [5.41, 5.74) is 3.53. The maximum Gasteiger partial charge on any atom is 0.161 e. The first-order chi connectivity index (χ1) is 13.1. The van der Waals surface area contributed by atoms with E-state index in [0.717, 1.165) is 21.8 Å². The number of rotatable bonds is 7. The SMILES string of the molecule is COc1cc(CNc2cccc(Cl)c2C)ccc1OCc1ccccc1F. The minimum atomic E-state index is -0.283. The summed E-state index contributed by atoms with van der Waals surface area (Å²) in [7, 11) is 1.59. The van der Waals surface area contributed by atoms with Gasteiger partial charge >= 0.3 is 0 Å². The second kappa shape index (κ2) is 8.78. The average Bonchev–Trinajstić information content (AvgIpc) is 2.69. The van der Waals surface area contributed by atoms with Crippen molar-refractivity contribution in [1.82, 2.24) is 0 Å². The molecule has 5 heteroatoms. The molecule has 0 spiro atoms. The number of nitrogens with one attached hydrogen (secondary N) is 1. The molecular weight excluding hydrogens is 365 g/mol. The van der Waals surface area contributed by atoms with Crippen molar-refractivity contribution in [1.29, 1.82) is 0 Å². The maximum atomic E-state index is 13.7. The molecule has 3 aromatic rings. The zero-order chi connectivity index (χ0) is 19.2. The Morgan fingerprint density at radius 2 is 1.81 bits per heavy atom. The second-order valence-corrected chi connectivity index (χ2v) is 6.54. The van der Waals surface area contributed by atoms with Crippen LogP contribution in [-0.2, 0) is 13.2 Å². The van der Waals surface area contributed by atoms with Gasteiger partial charge in [-0.2, -0.15) is 0 Å². The quantitative estimate of drug-likeness (QED) is 0.542. The second-order valence-electron chi connectivity index (χ2n) is 6.13. The lowest BCUT2D eigenvalue weighted by Gasteiger charge is -2.14. The van der Waals surface area contributed by atoms with Crippen molar-refractivity contribution in [3.05, 3.63) is 88.2 Å². The highest BCUT2D eigenvalue weighted by Gasteiger charge is 2.09. The van der Waals surface area contributed by atoms with Crippen molar-refractivity contribution in [3.8, 4) is 11.5 Å². The summed E-state index contributed by atoms with van der Waals surface area (Å²) in [5.74, 6) is 0.895.